The zero-order valence-electron chi connectivity index (χ0n) is 15.1. The third kappa shape index (κ3) is 4.07. The van der Waals surface area contributed by atoms with Crippen LogP contribution in [0.25, 0.3) is 0 Å². The number of carbonyl (C=O) groups excluding carboxylic acids is 1. The van der Waals surface area contributed by atoms with Gasteiger partial charge in [-0.15, -0.1) is 0 Å². The topological polar surface area (TPSA) is 66.5 Å². The van der Waals surface area contributed by atoms with E-state index in [2.05, 4.69) is 11.4 Å². The average molecular weight is 372 g/mol. The number of fused-ring (bicyclic) bond motifs is 1. The smallest absolute Gasteiger partial charge is 0.241 e. The van der Waals surface area contributed by atoms with Crippen molar-refractivity contribution in [3.63, 3.8) is 0 Å². The van der Waals surface area contributed by atoms with Crippen LogP contribution in [0.3, 0.4) is 0 Å². The molecule has 0 heterocycles. The van der Waals surface area contributed by atoms with Gasteiger partial charge in [0.05, 0.1) is 18.0 Å². The van der Waals surface area contributed by atoms with E-state index in [0.29, 0.717) is 5.69 Å². The van der Waals surface area contributed by atoms with Crippen molar-refractivity contribution < 1.29 is 13.2 Å². The molecule has 1 aliphatic carbocycles. The van der Waals surface area contributed by atoms with Gasteiger partial charge in [0.1, 0.15) is 6.54 Å². The van der Waals surface area contributed by atoms with Gasteiger partial charge in [-0.25, -0.2) is 8.42 Å². The SMILES string of the molecule is Cc1ccccc1N(CC(=O)NC1CCCc2ccccc21)S(C)(=O)=O. The molecule has 0 aliphatic heterocycles. The van der Waals surface area contributed by atoms with E-state index in [-0.39, 0.29) is 18.5 Å². The van der Waals surface area contributed by atoms with Gasteiger partial charge in [-0.3, -0.25) is 9.10 Å². The number of amides is 1. The summed E-state index contributed by atoms with van der Waals surface area (Å²) >= 11 is 0. The number of sulfonamides is 1. The first-order valence-corrected chi connectivity index (χ1v) is 10.6. The predicted octanol–water partition coefficient (Wildman–Crippen LogP) is 2.95. The normalized spacial score (nSPS) is 16.6. The minimum Gasteiger partial charge on any atom is -0.348 e. The van der Waals surface area contributed by atoms with E-state index in [9.17, 15) is 13.2 Å². The Balaban J connectivity index is 1.79. The molecule has 1 atom stereocenters. The van der Waals surface area contributed by atoms with E-state index in [1.807, 2.05) is 37.3 Å². The Morgan fingerprint density at radius 3 is 2.58 bits per heavy atom. The third-order valence-electron chi connectivity index (χ3n) is 4.78. The van der Waals surface area contributed by atoms with Gasteiger partial charge in [-0.2, -0.15) is 0 Å². The number of nitrogens with one attached hydrogen (secondary N) is 1. The largest absolute Gasteiger partial charge is 0.348 e. The lowest BCUT2D eigenvalue weighted by molar-refractivity contribution is -0.120. The molecular weight excluding hydrogens is 348 g/mol. The van der Waals surface area contributed by atoms with Gasteiger partial charge < -0.3 is 5.32 Å². The molecule has 3 rings (SSSR count). The summed E-state index contributed by atoms with van der Waals surface area (Å²) in [7, 11) is -3.56. The highest BCUT2D eigenvalue weighted by molar-refractivity contribution is 7.92. The Morgan fingerprint density at radius 1 is 1.15 bits per heavy atom. The molecule has 1 aliphatic rings. The van der Waals surface area contributed by atoms with Gasteiger partial charge in [-0.05, 0) is 48.9 Å². The maximum Gasteiger partial charge on any atom is 0.241 e. The van der Waals surface area contributed by atoms with E-state index in [1.54, 1.807) is 12.1 Å². The molecule has 1 amide bonds. The second-order valence-electron chi connectivity index (χ2n) is 6.77. The van der Waals surface area contributed by atoms with E-state index in [0.717, 1.165) is 36.6 Å². The number of rotatable bonds is 5. The molecule has 0 spiro atoms. The first-order chi connectivity index (χ1) is 12.4. The summed E-state index contributed by atoms with van der Waals surface area (Å²) in [4.78, 5) is 12.6. The molecule has 5 nitrogen and oxygen atoms in total. The van der Waals surface area contributed by atoms with E-state index in [1.165, 1.54) is 9.87 Å². The van der Waals surface area contributed by atoms with Crippen LogP contribution in [0.2, 0.25) is 0 Å². The molecule has 1 unspecified atom stereocenters. The van der Waals surface area contributed by atoms with Gasteiger partial charge in [0.2, 0.25) is 15.9 Å². The quantitative estimate of drug-likeness (QED) is 0.877. The minimum absolute atomic E-state index is 0.0641. The number of hydrogen-bond donors (Lipinski definition) is 1. The summed E-state index contributed by atoms with van der Waals surface area (Å²) in [5.74, 6) is -0.291. The molecule has 0 radical (unpaired) electrons. The van der Waals surface area contributed by atoms with Gasteiger partial charge in [0.15, 0.2) is 0 Å². The molecule has 2 aromatic carbocycles. The first-order valence-electron chi connectivity index (χ1n) is 8.77. The fourth-order valence-corrected chi connectivity index (χ4v) is 4.41. The monoisotopic (exact) mass is 372 g/mol. The summed E-state index contributed by atoms with van der Waals surface area (Å²) in [6.45, 7) is 1.62. The third-order valence-corrected chi connectivity index (χ3v) is 5.90. The van der Waals surface area contributed by atoms with Crippen LogP contribution < -0.4 is 9.62 Å². The van der Waals surface area contributed by atoms with Crippen LogP contribution >= 0.6 is 0 Å². The zero-order valence-corrected chi connectivity index (χ0v) is 15.9. The molecule has 26 heavy (non-hydrogen) atoms. The van der Waals surface area contributed by atoms with Crippen molar-refractivity contribution in [2.45, 2.75) is 32.2 Å². The minimum atomic E-state index is -3.56. The Hall–Kier alpha value is -2.34. The molecule has 0 fully saturated rings. The fraction of sp³-hybridized carbons (Fsp3) is 0.350. The summed E-state index contributed by atoms with van der Waals surface area (Å²) in [5, 5.41) is 3.02. The molecule has 0 aromatic heterocycles. The first kappa shape index (κ1) is 18.5. The number of benzene rings is 2. The lowest BCUT2D eigenvalue weighted by Gasteiger charge is -2.28. The number of aryl methyl sites for hydroxylation is 2. The number of carbonyl (C=O) groups is 1. The summed E-state index contributed by atoms with van der Waals surface area (Å²) < 4.78 is 25.7. The fourth-order valence-electron chi connectivity index (χ4n) is 3.50. The molecule has 0 bridgehead atoms. The van der Waals surface area contributed by atoms with Crippen molar-refractivity contribution in [1.82, 2.24) is 5.32 Å². The predicted molar refractivity (Wildman–Crippen MR) is 104 cm³/mol. The van der Waals surface area contributed by atoms with Gasteiger partial charge >= 0.3 is 0 Å². The molecule has 1 N–H and O–H groups in total. The second kappa shape index (κ2) is 7.50. The Kier molecular flexibility index (Phi) is 5.32. The van der Waals surface area contributed by atoms with Crippen LogP contribution in [0.1, 0.15) is 35.6 Å². The number of anilines is 1. The molecule has 138 valence electrons. The van der Waals surface area contributed by atoms with Crippen LogP contribution in [0, 0.1) is 6.92 Å². The Morgan fingerprint density at radius 2 is 1.85 bits per heavy atom. The highest BCUT2D eigenvalue weighted by atomic mass is 32.2. The zero-order chi connectivity index (χ0) is 18.7. The van der Waals surface area contributed by atoms with Crippen molar-refractivity contribution >= 4 is 21.6 Å². The van der Waals surface area contributed by atoms with E-state index < -0.39 is 10.0 Å². The van der Waals surface area contributed by atoms with Crippen LogP contribution in [0.4, 0.5) is 5.69 Å². The highest BCUT2D eigenvalue weighted by Crippen LogP contribution is 2.29. The standard InChI is InChI=1S/C20H24N2O3S/c1-15-8-3-6-13-19(15)22(26(2,24)25)14-20(23)21-18-12-7-10-16-9-4-5-11-17(16)18/h3-6,8-9,11,13,18H,7,10,12,14H2,1-2H3,(H,21,23). The molecule has 6 heteroatoms. The second-order valence-corrected chi connectivity index (χ2v) is 8.67. The van der Waals surface area contributed by atoms with Crippen molar-refractivity contribution in [3.05, 3.63) is 65.2 Å². The van der Waals surface area contributed by atoms with Crippen molar-refractivity contribution in [2.75, 3.05) is 17.1 Å². The van der Waals surface area contributed by atoms with E-state index in [4.69, 9.17) is 0 Å². The van der Waals surface area contributed by atoms with Crippen LogP contribution in [0.15, 0.2) is 48.5 Å². The van der Waals surface area contributed by atoms with Crippen molar-refractivity contribution in [3.8, 4) is 0 Å². The van der Waals surface area contributed by atoms with Crippen LogP contribution in [-0.4, -0.2) is 27.1 Å². The molecule has 0 saturated heterocycles. The van der Waals surface area contributed by atoms with Crippen molar-refractivity contribution in [2.24, 2.45) is 0 Å². The number of hydrogen-bond acceptors (Lipinski definition) is 3. The number of para-hydroxylation sites is 1. The van der Waals surface area contributed by atoms with Crippen LogP contribution in [-0.2, 0) is 21.2 Å². The van der Waals surface area contributed by atoms with Crippen LogP contribution in [0.5, 0.6) is 0 Å². The van der Waals surface area contributed by atoms with Gasteiger partial charge in [-0.1, -0.05) is 42.5 Å². The van der Waals surface area contributed by atoms with E-state index >= 15 is 0 Å². The molecule has 0 saturated carbocycles. The number of nitrogens with zero attached hydrogens (tertiary/aromatic N) is 1. The van der Waals surface area contributed by atoms with Gasteiger partial charge in [0.25, 0.3) is 0 Å². The maximum absolute atomic E-state index is 12.6. The lowest BCUT2D eigenvalue weighted by atomic mass is 9.88. The lowest BCUT2D eigenvalue weighted by Crippen LogP contribution is -2.42. The van der Waals surface area contributed by atoms with Crippen molar-refractivity contribution in [1.29, 1.82) is 0 Å². The Bertz CT molecular complexity index is 909. The maximum atomic E-state index is 12.6. The Labute approximate surface area is 155 Å². The molecule has 2 aromatic rings. The highest BCUT2D eigenvalue weighted by Gasteiger charge is 2.25. The van der Waals surface area contributed by atoms with Gasteiger partial charge in [0, 0.05) is 0 Å². The summed E-state index contributed by atoms with van der Waals surface area (Å²) in [5.41, 5.74) is 3.74. The summed E-state index contributed by atoms with van der Waals surface area (Å²) in [6.07, 6.45) is 4.02. The summed E-state index contributed by atoms with van der Waals surface area (Å²) in [6, 6.07) is 15.2. The molecular formula is C20H24N2O3S. The average Bonchev–Trinajstić information content (AvgIpc) is 2.60.